The maximum Gasteiger partial charge on any atom is 0.266 e. The number of nitrogens with one attached hydrogen (secondary N) is 1. The number of fused-ring (bicyclic) bond motifs is 1. The summed E-state index contributed by atoms with van der Waals surface area (Å²) in [4.78, 5) is 16.8. The Bertz CT molecular complexity index is 1240. The van der Waals surface area contributed by atoms with Gasteiger partial charge in [0.05, 0.1) is 6.42 Å². The molecule has 1 fully saturated rings. The van der Waals surface area contributed by atoms with Crippen molar-refractivity contribution in [3.63, 3.8) is 0 Å². The van der Waals surface area contributed by atoms with E-state index in [2.05, 4.69) is 33.5 Å². The van der Waals surface area contributed by atoms with Crippen molar-refractivity contribution in [2.75, 3.05) is 6.54 Å². The lowest BCUT2D eigenvalue weighted by molar-refractivity contribution is -0.120. The third-order valence-electron chi connectivity index (χ3n) is 6.59. The van der Waals surface area contributed by atoms with Gasteiger partial charge in [0.15, 0.2) is 0 Å². The minimum Gasteiger partial charge on any atom is -0.419 e. The van der Waals surface area contributed by atoms with Crippen LogP contribution < -0.4 is 5.32 Å². The Morgan fingerprint density at radius 3 is 2.61 bits per heavy atom. The number of carbonyl (C=O) groups is 1. The van der Waals surface area contributed by atoms with Gasteiger partial charge in [0, 0.05) is 24.0 Å². The summed E-state index contributed by atoms with van der Waals surface area (Å²) < 4.78 is 6.07. The third kappa shape index (κ3) is 4.95. The summed E-state index contributed by atoms with van der Waals surface area (Å²) in [5, 5.41) is 13.9. The van der Waals surface area contributed by atoms with Crippen LogP contribution in [0.2, 0.25) is 0 Å². The molecule has 1 amide bonds. The first-order chi connectivity index (χ1) is 16.2. The molecular weight excluding hydrogens is 412 g/mol. The fourth-order valence-corrected chi connectivity index (χ4v) is 4.61. The second-order valence-corrected chi connectivity index (χ2v) is 9.01. The van der Waals surface area contributed by atoms with Crippen molar-refractivity contribution < 1.29 is 9.21 Å². The van der Waals surface area contributed by atoms with Crippen molar-refractivity contribution in [1.82, 2.24) is 20.5 Å². The fourth-order valence-electron chi connectivity index (χ4n) is 4.61. The molecule has 4 aromatic rings. The van der Waals surface area contributed by atoms with E-state index in [9.17, 15) is 4.79 Å². The standard InChI is InChI=1S/C27H28N4O2/c1-18-6-8-19(9-7-18)16-24(32)29-17-20-10-12-22(13-11-20)26-30-31-27(33-26)25-23-5-3-2-4-21(23)14-15-28-25/h2-9,14-15,20,22H,10-13,16-17H2,1H3,(H,29,32). The Hall–Kier alpha value is -3.54. The number of aryl methyl sites for hydroxylation is 1. The molecule has 5 rings (SSSR count). The molecular formula is C27H28N4O2. The summed E-state index contributed by atoms with van der Waals surface area (Å²) >= 11 is 0. The molecule has 0 radical (unpaired) electrons. The number of hydrogen-bond donors (Lipinski definition) is 1. The molecule has 6 heteroatoms. The monoisotopic (exact) mass is 440 g/mol. The van der Waals surface area contributed by atoms with Crippen LogP contribution in [-0.2, 0) is 11.2 Å². The molecule has 0 unspecified atom stereocenters. The number of nitrogens with zero attached hydrogens (tertiary/aromatic N) is 3. The van der Waals surface area contributed by atoms with Gasteiger partial charge in [-0.1, -0.05) is 54.1 Å². The van der Waals surface area contributed by atoms with E-state index < -0.39 is 0 Å². The van der Waals surface area contributed by atoms with Crippen LogP contribution in [0.15, 0.2) is 65.2 Å². The van der Waals surface area contributed by atoms with Crippen LogP contribution in [0, 0.1) is 12.8 Å². The average Bonchev–Trinajstić information content (AvgIpc) is 3.34. The number of amides is 1. The normalized spacial score (nSPS) is 18.3. The summed E-state index contributed by atoms with van der Waals surface area (Å²) in [6.45, 7) is 2.78. The lowest BCUT2D eigenvalue weighted by atomic mass is 9.82. The predicted molar refractivity (Wildman–Crippen MR) is 128 cm³/mol. The Labute approximate surface area is 193 Å². The van der Waals surface area contributed by atoms with Gasteiger partial charge in [-0.2, -0.15) is 0 Å². The van der Waals surface area contributed by atoms with E-state index >= 15 is 0 Å². The van der Waals surface area contributed by atoms with Crippen molar-refractivity contribution in [2.45, 2.75) is 44.9 Å². The first-order valence-corrected chi connectivity index (χ1v) is 11.7. The van der Waals surface area contributed by atoms with Gasteiger partial charge in [0.25, 0.3) is 5.89 Å². The highest BCUT2D eigenvalue weighted by Gasteiger charge is 2.27. The second-order valence-electron chi connectivity index (χ2n) is 9.01. The maximum absolute atomic E-state index is 12.3. The predicted octanol–water partition coefficient (Wildman–Crippen LogP) is 5.23. The molecule has 168 valence electrons. The van der Waals surface area contributed by atoms with Gasteiger partial charge in [0.1, 0.15) is 5.69 Å². The summed E-state index contributed by atoms with van der Waals surface area (Å²) in [6, 6.07) is 18.2. The molecule has 2 aromatic heterocycles. The minimum atomic E-state index is 0.0881. The summed E-state index contributed by atoms with van der Waals surface area (Å²) in [6.07, 6.45) is 6.27. The van der Waals surface area contributed by atoms with E-state index in [0.717, 1.165) is 54.3 Å². The number of aromatic nitrogens is 3. The number of hydrogen-bond acceptors (Lipinski definition) is 5. The third-order valence-corrected chi connectivity index (χ3v) is 6.59. The molecule has 6 nitrogen and oxygen atoms in total. The molecule has 33 heavy (non-hydrogen) atoms. The van der Waals surface area contributed by atoms with E-state index in [4.69, 9.17) is 4.42 Å². The molecule has 2 aromatic carbocycles. The van der Waals surface area contributed by atoms with Crippen LogP contribution in [0.4, 0.5) is 0 Å². The van der Waals surface area contributed by atoms with Crippen LogP contribution in [0.3, 0.4) is 0 Å². The van der Waals surface area contributed by atoms with Gasteiger partial charge in [-0.15, -0.1) is 10.2 Å². The topological polar surface area (TPSA) is 80.9 Å². The molecule has 2 heterocycles. The highest BCUT2D eigenvalue weighted by molar-refractivity contribution is 5.92. The molecule has 1 saturated carbocycles. The Balaban J connectivity index is 1.14. The first kappa shape index (κ1) is 21.3. The van der Waals surface area contributed by atoms with Crippen molar-refractivity contribution in [2.24, 2.45) is 5.92 Å². The molecule has 0 aliphatic heterocycles. The van der Waals surface area contributed by atoms with Gasteiger partial charge in [-0.3, -0.25) is 9.78 Å². The lowest BCUT2D eigenvalue weighted by Crippen LogP contribution is -2.32. The van der Waals surface area contributed by atoms with Gasteiger partial charge >= 0.3 is 0 Å². The maximum atomic E-state index is 12.3. The van der Waals surface area contributed by atoms with E-state index in [-0.39, 0.29) is 11.8 Å². The van der Waals surface area contributed by atoms with Crippen LogP contribution in [0.1, 0.15) is 48.6 Å². The molecule has 0 atom stereocenters. The molecule has 1 N–H and O–H groups in total. The summed E-state index contributed by atoms with van der Waals surface area (Å²) in [5.74, 6) is 2.02. The zero-order valence-corrected chi connectivity index (χ0v) is 18.8. The van der Waals surface area contributed by atoms with E-state index in [0.29, 0.717) is 24.1 Å². The Morgan fingerprint density at radius 2 is 1.79 bits per heavy atom. The van der Waals surface area contributed by atoms with E-state index in [1.165, 1.54) is 5.56 Å². The number of benzene rings is 2. The minimum absolute atomic E-state index is 0.0881. The van der Waals surface area contributed by atoms with Crippen molar-refractivity contribution in [1.29, 1.82) is 0 Å². The van der Waals surface area contributed by atoms with Gasteiger partial charge in [-0.05, 0) is 55.5 Å². The quantitative estimate of drug-likeness (QED) is 0.444. The Kier molecular flexibility index (Phi) is 6.15. The lowest BCUT2D eigenvalue weighted by Gasteiger charge is -2.26. The summed E-state index contributed by atoms with van der Waals surface area (Å²) in [7, 11) is 0. The first-order valence-electron chi connectivity index (χ1n) is 11.7. The molecule has 1 aliphatic rings. The van der Waals surface area contributed by atoms with Crippen molar-refractivity contribution >= 4 is 16.7 Å². The van der Waals surface area contributed by atoms with Gasteiger partial charge in [0.2, 0.25) is 11.8 Å². The van der Waals surface area contributed by atoms with E-state index in [1.807, 2.05) is 48.5 Å². The number of rotatable bonds is 6. The molecule has 0 saturated heterocycles. The molecule has 0 bridgehead atoms. The highest BCUT2D eigenvalue weighted by atomic mass is 16.4. The Morgan fingerprint density at radius 1 is 1.00 bits per heavy atom. The van der Waals surface area contributed by atoms with Crippen molar-refractivity contribution in [3.8, 4) is 11.6 Å². The SMILES string of the molecule is Cc1ccc(CC(=O)NCC2CCC(c3nnc(-c4nccc5ccccc45)o3)CC2)cc1. The van der Waals surface area contributed by atoms with Gasteiger partial charge < -0.3 is 9.73 Å². The fraction of sp³-hybridized carbons (Fsp3) is 0.333. The van der Waals surface area contributed by atoms with E-state index in [1.54, 1.807) is 6.20 Å². The zero-order chi connectivity index (χ0) is 22.6. The van der Waals surface area contributed by atoms with Crippen LogP contribution in [-0.4, -0.2) is 27.6 Å². The molecule has 1 aliphatic carbocycles. The largest absolute Gasteiger partial charge is 0.419 e. The zero-order valence-electron chi connectivity index (χ0n) is 18.8. The number of pyridine rings is 1. The average molecular weight is 441 g/mol. The number of carbonyl (C=O) groups excluding carboxylic acids is 1. The second kappa shape index (κ2) is 9.53. The smallest absolute Gasteiger partial charge is 0.266 e. The molecule has 0 spiro atoms. The van der Waals surface area contributed by atoms with Crippen LogP contribution >= 0.6 is 0 Å². The van der Waals surface area contributed by atoms with Crippen LogP contribution in [0.5, 0.6) is 0 Å². The van der Waals surface area contributed by atoms with Crippen molar-refractivity contribution in [3.05, 3.63) is 77.8 Å². The van der Waals surface area contributed by atoms with Crippen LogP contribution in [0.25, 0.3) is 22.4 Å². The highest BCUT2D eigenvalue weighted by Crippen LogP contribution is 2.36. The summed E-state index contributed by atoms with van der Waals surface area (Å²) in [5.41, 5.74) is 2.99. The van der Waals surface area contributed by atoms with Gasteiger partial charge in [-0.25, -0.2) is 0 Å².